The molecule has 5 nitrogen and oxygen atoms in total. The number of amides is 1. The third kappa shape index (κ3) is 3.13. The first-order valence-electron chi connectivity index (χ1n) is 7.87. The maximum atomic E-state index is 12.6. The summed E-state index contributed by atoms with van der Waals surface area (Å²) in [6, 6.07) is 11.6. The van der Waals surface area contributed by atoms with Crippen molar-refractivity contribution in [3.8, 4) is 11.5 Å². The second-order valence-electron chi connectivity index (χ2n) is 5.98. The molecule has 0 unspecified atom stereocenters. The molecule has 1 amide bonds. The van der Waals surface area contributed by atoms with Crippen LogP contribution in [-0.4, -0.2) is 22.6 Å². The van der Waals surface area contributed by atoms with Crippen molar-refractivity contribution < 1.29 is 14.3 Å². The quantitative estimate of drug-likeness (QED) is 0.852. The van der Waals surface area contributed by atoms with Crippen LogP contribution in [0, 0.1) is 5.92 Å². The lowest BCUT2D eigenvalue weighted by Gasteiger charge is -2.22. The van der Waals surface area contributed by atoms with Crippen LogP contribution in [-0.2, 0) is 17.9 Å². The van der Waals surface area contributed by atoms with E-state index >= 15 is 0 Å². The number of hydrogen-bond acceptors (Lipinski definition) is 4. The number of fused-ring (bicyclic) bond motifs is 1. The molecule has 0 spiro atoms. The molecule has 2 aliphatic rings. The fourth-order valence-electron chi connectivity index (χ4n) is 2.75. The molecule has 118 valence electrons. The molecular weight excluding hydrogens is 292 g/mol. The standard InChI is InChI=1S/C18H18N2O3/c21-18(14-5-6-14)20(11-15-3-1-2-8-19-15)10-13-4-7-16-17(9-13)23-12-22-16/h1-4,7-9,14H,5-6,10-12H2. The number of carbonyl (C=O) groups excluding carboxylic acids is 1. The molecule has 1 aliphatic heterocycles. The van der Waals surface area contributed by atoms with Crippen LogP contribution in [0.15, 0.2) is 42.6 Å². The summed E-state index contributed by atoms with van der Waals surface area (Å²) in [5.41, 5.74) is 1.95. The van der Waals surface area contributed by atoms with Gasteiger partial charge in [0.05, 0.1) is 12.2 Å². The van der Waals surface area contributed by atoms with Gasteiger partial charge in [0.15, 0.2) is 11.5 Å². The summed E-state index contributed by atoms with van der Waals surface area (Å²) in [4.78, 5) is 18.8. The zero-order valence-electron chi connectivity index (χ0n) is 12.8. The molecule has 1 fully saturated rings. The Morgan fingerprint density at radius 1 is 1.13 bits per heavy atom. The molecule has 2 heterocycles. The third-order valence-electron chi connectivity index (χ3n) is 4.13. The van der Waals surface area contributed by atoms with Crippen LogP contribution in [0.25, 0.3) is 0 Å². The van der Waals surface area contributed by atoms with Crippen molar-refractivity contribution in [1.29, 1.82) is 0 Å². The number of ether oxygens (including phenoxy) is 2. The van der Waals surface area contributed by atoms with Crippen LogP contribution in [0.1, 0.15) is 24.1 Å². The fraction of sp³-hybridized carbons (Fsp3) is 0.333. The van der Waals surface area contributed by atoms with Crippen LogP contribution in [0.4, 0.5) is 0 Å². The molecule has 1 aliphatic carbocycles. The average Bonchev–Trinajstić information content (AvgIpc) is 3.32. The Labute approximate surface area is 134 Å². The van der Waals surface area contributed by atoms with Gasteiger partial charge in [0.1, 0.15) is 0 Å². The van der Waals surface area contributed by atoms with Crippen LogP contribution in [0.5, 0.6) is 11.5 Å². The maximum absolute atomic E-state index is 12.6. The van der Waals surface area contributed by atoms with E-state index in [4.69, 9.17) is 9.47 Å². The van der Waals surface area contributed by atoms with Crippen LogP contribution >= 0.6 is 0 Å². The minimum Gasteiger partial charge on any atom is -0.454 e. The van der Waals surface area contributed by atoms with E-state index in [1.807, 2.05) is 41.3 Å². The van der Waals surface area contributed by atoms with Crippen LogP contribution in [0.2, 0.25) is 0 Å². The first kappa shape index (κ1) is 14.1. The molecule has 2 aromatic rings. The number of pyridine rings is 1. The Balaban J connectivity index is 1.54. The van der Waals surface area contributed by atoms with Gasteiger partial charge in [0, 0.05) is 18.7 Å². The van der Waals surface area contributed by atoms with E-state index in [-0.39, 0.29) is 18.6 Å². The van der Waals surface area contributed by atoms with Crippen molar-refractivity contribution >= 4 is 5.91 Å². The summed E-state index contributed by atoms with van der Waals surface area (Å²) in [6.07, 6.45) is 3.76. The van der Waals surface area contributed by atoms with Gasteiger partial charge in [-0.1, -0.05) is 12.1 Å². The first-order chi connectivity index (χ1) is 11.3. The van der Waals surface area contributed by atoms with E-state index in [0.29, 0.717) is 13.1 Å². The van der Waals surface area contributed by atoms with Crippen molar-refractivity contribution in [3.63, 3.8) is 0 Å². The molecule has 0 radical (unpaired) electrons. The number of rotatable bonds is 5. The summed E-state index contributed by atoms with van der Waals surface area (Å²) in [5.74, 6) is 1.92. The normalized spacial score (nSPS) is 15.5. The minimum atomic E-state index is 0.188. The monoisotopic (exact) mass is 310 g/mol. The summed E-state index contributed by atoms with van der Waals surface area (Å²) in [7, 11) is 0. The predicted octanol–water partition coefficient (Wildman–Crippen LogP) is 2.75. The highest BCUT2D eigenvalue weighted by atomic mass is 16.7. The third-order valence-corrected chi connectivity index (χ3v) is 4.13. The minimum absolute atomic E-state index is 0.188. The number of aromatic nitrogens is 1. The average molecular weight is 310 g/mol. The van der Waals surface area contributed by atoms with Crippen molar-refractivity contribution in [2.45, 2.75) is 25.9 Å². The highest BCUT2D eigenvalue weighted by Crippen LogP contribution is 2.34. The lowest BCUT2D eigenvalue weighted by atomic mass is 10.1. The highest BCUT2D eigenvalue weighted by Gasteiger charge is 2.33. The number of nitrogens with zero attached hydrogens (tertiary/aromatic N) is 2. The second kappa shape index (κ2) is 5.91. The number of hydrogen-bond donors (Lipinski definition) is 0. The van der Waals surface area contributed by atoms with E-state index in [0.717, 1.165) is 35.6 Å². The van der Waals surface area contributed by atoms with E-state index in [1.54, 1.807) is 6.20 Å². The van der Waals surface area contributed by atoms with Gasteiger partial charge in [0.2, 0.25) is 12.7 Å². The smallest absolute Gasteiger partial charge is 0.231 e. The van der Waals surface area contributed by atoms with Gasteiger partial charge in [-0.05, 0) is 42.7 Å². The zero-order valence-corrected chi connectivity index (χ0v) is 12.8. The molecule has 0 N–H and O–H groups in total. The van der Waals surface area contributed by atoms with Crippen molar-refractivity contribution in [3.05, 3.63) is 53.9 Å². The van der Waals surface area contributed by atoms with Gasteiger partial charge in [-0.15, -0.1) is 0 Å². The van der Waals surface area contributed by atoms with E-state index in [2.05, 4.69) is 4.98 Å². The zero-order chi connectivity index (χ0) is 15.6. The molecule has 4 rings (SSSR count). The fourth-order valence-corrected chi connectivity index (χ4v) is 2.75. The van der Waals surface area contributed by atoms with E-state index in [9.17, 15) is 4.79 Å². The van der Waals surface area contributed by atoms with Gasteiger partial charge >= 0.3 is 0 Å². The molecule has 1 aromatic carbocycles. The van der Waals surface area contributed by atoms with Crippen LogP contribution in [0.3, 0.4) is 0 Å². The summed E-state index contributed by atoms with van der Waals surface area (Å²) in [6.45, 7) is 1.35. The van der Waals surface area contributed by atoms with Gasteiger partial charge in [-0.2, -0.15) is 0 Å². The van der Waals surface area contributed by atoms with E-state index < -0.39 is 0 Å². The van der Waals surface area contributed by atoms with Crippen molar-refractivity contribution in [1.82, 2.24) is 9.88 Å². The first-order valence-corrected chi connectivity index (χ1v) is 7.87. The van der Waals surface area contributed by atoms with E-state index in [1.165, 1.54) is 0 Å². The molecule has 0 saturated heterocycles. The largest absolute Gasteiger partial charge is 0.454 e. The Morgan fingerprint density at radius 3 is 2.78 bits per heavy atom. The molecule has 0 atom stereocenters. The summed E-state index contributed by atoms with van der Waals surface area (Å²) in [5, 5.41) is 0. The predicted molar refractivity (Wildman–Crippen MR) is 83.8 cm³/mol. The summed E-state index contributed by atoms with van der Waals surface area (Å²) >= 11 is 0. The molecule has 1 aromatic heterocycles. The SMILES string of the molecule is O=C(C1CC1)N(Cc1ccc2c(c1)OCO2)Cc1ccccn1. The Hall–Kier alpha value is -2.56. The van der Waals surface area contributed by atoms with Gasteiger partial charge in [-0.25, -0.2) is 0 Å². The number of carbonyl (C=O) groups is 1. The Morgan fingerprint density at radius 2 is 2.00 bits per heavy atom. The Kier molecular flexibility index (Phi) is 3.61. The topological polar surface area (TPSA) is 51.7 Å². The number of benzene rings is 1. The molecule has 23 heavy (non-hydrogen) atoms. The van der Waals surface area contributed by atoms with Gasteiger partial charge in [-0.3, -0.25) is 9.78 Å². The lowest BCUT2D eigenvalue weighted by Crippen LogP contribution is -2.31. The Bertz CT molecular complexity index is 713. The molecule has 1 saturated carbocycles. The maximum Gasteiger partial charge on any atom is 0.231 e. The van der Waals surface area contributed by atoms with Gasteiger partial charge in [0.25, 0.3) is 0 Å². The molecule has 5 heteroatoms. The lowest BCUT2D eigenvalue weighted by molar-refractivity contribution is -0.133. The second-order valence-corrected chi connectivity index (χ2v) is 5.98. The summed E-state index contributed by atoms with van der Waals surface area (Å²) < 4.78 is 10.8. The molecular formula is C18H18N2O3. The van der Waals surface area contributed by atoms with Crippen molar-refractivity contribution in [2.75, 3.05) is 6.79 Å². The van der Waals surface area contributed by atoms with Crippen LogP contribution < -0.4 is 9.47 Å². The van der Waals surface area contributed by atoms with Gasteiger partial charge < -0.3 is 14.4 Å². The highest BCUT2D eigenvalue weighted by molar-refractivity contribution is 5.81. The molecule has 0 bridgehead atoms. The van der Waals surface area contributed by atoms with Crippen molar-refractivity contribution in [2.24, 2.45) is 5.92 Å².